The summed E-state index contributed by atoms with van der Waals surface area (Å²) in [7, 11) is 0. The van der Waals surface area contributed by atoms with Crippen LogP contribution in [0.1, 0.15) is 44.6 Å². The molecular weight excluding hydrogens is 294 g/mol. The van der Waals surface area contributed by atoms with Crippen LogP contribution in [-0.4, -0.2) is 35.3 Å². The fourth-order valence-electron chi connectivity index (χ4n) is 3.20. The van der Waals surface area contributed by atoms with E-state index in [1.807, 2.05) is 31.2 Å². The molecule has 6 nitrogen and oxygen atoms in total. The van der Waals surface area contributed by atoms with E-state index in [0.717, 1.165) is 29.8 Å². The normalized spacial score (nSPS) is 20.3. The van der Waals surface area contributed by atoms with E-state index >= 15 is 0 Å². The van der Waals surface area contributed by atoms with Gasteiger partial charge in [0, 0.05) is 5.56 Å². The summed E-state index contributed by atoms with van der Waals surface area (Å²) in [6.07, 6.45) is 5.91. The number of benzene rings is 1. The van der Waals surface area contributed by atoms with Crippen molar-refractivity contribution in [1.82, 2.24) is 10.3 Å². The number of imide groups is 1. The van der Waals surface area contributed by atoms with Gasteiger partial charge in [0.25, 0.3) is 5.91 Å². The van der Waals surface area contributed by atoms with Crippen molar-refractivity contribution in [2.24, 2.45) is 5.10 Å². The number of hydrogen-bond acceptors (Lipinski definition) is 4. The van der Waals surface area contributed by atoms with Crippen molar-refractivity contribution >= 4 is 18.2 Å². The molecule has 0 aromatic heterocycles. The van der Waals surface area contributed by atoms with Crippen LogP contribution in [0.5, 0.6) is 5.75 Å². The molecule has 122 valence electrons. The van der Waals surface area contributed by atoms with Crippen molar-refractivity contribution in [1.29, 1.82) is 0 Å². The molecule has 23 heavy (non-hydrogen) atoms. The van der Waals surface area contributed by atoms with E-state index in [2.05, 4.69) is 10.4 Å². The zero-order valence-corrected chi connectivity index (χ0v) is 13.2. The first-order valence-corrected chi connectivity index (χ1v) is 8.09. The molecule has 0 radical (unpaired) electrons. The Kier molecular flexibility index (Phi) is 4.32. The monoisotopic (exact) mass is 315 g/mol. The molecule has 1 aromatic carbocycles. The molecule has 3 amide bonds. The first kappa shape index (κ1) is 15.5. The molecule has 0 unspecified atom stereocenters. The lowest BCUT2D eigenvalue weighted by molar-refractivity contribution is -0.132. The van der Waals surface area contributed by atoms with Gasteiger partial charge in [-0.25, -0.2) is 4.79 Å². The van der Waals surface area contributed by atoms with Gasteiger partial charge in [-0.1, -0.05) is 31.4 Å². The lowest BCUT2D eigenvalue weighted by atomic mass is 9.82. The third-order valence-electron chi connectivity index (χ3n) is 4.38. The minimum Gasteiger partial charge on any atom is -0.493 e. The Hall–Kier alpha value is -2.37. The van der Waals surface area contributed by atoms with Gasteiger partial charge in [-0.15, -0.1) is 5.01 Å². The van der Waals surface area contributed by atoms with E-state index in [9.17, 15) is 9.59 Å². The van der Waals surface area contributed by atoms with E-state index < -0.39 is 11.6 Å². The topological polar surface area (TPSA) is 71.0 Å². The number of carbonyl (C=O) groups excluding carboxylic acids is 2. The highest BCUT2D eigenvalue weighted by molar-refractivity contribution is 6.07. The van der Waals surface area contributed by atoms with E-state index in [1.165, 1.54) is 6.21 Å². The molecule has 1 spiro atoms. The van der Waals surface area contributed by atoms with Crippen molar-refractivity contribution < 1.29 is 14.3 Å². The number of amides is 3. The number of nitrogens with zero attached hydrogens (tertiary/aromatic N) is 2. The predicted molar refractivity (Wildman–Crippen MR) is 86.4 cm³/mol. The maximum atomic E-state index is 12.6. The van der Waals surface area contributed by atoms with Gasteiger partial charge in [-0.2, -0.15) is 5.10 Å². The Bertz CT molecular complexity index is 636. The van der Waals surface area contributed by atoms with Crippen LogP contribution >= 0.6 is 0 Å². The molecule has 0 bridgehead atoms. The number of rotatable bonds is 4. The second-order valence-electron chi connectivity index (χ2n) is 5.91. The molecule has 1 saturated carbocycles. The van der Waals surface area contributed by atoms with Crippen molar-refractivity contribution in [2.75, 3.05) is 6.61 Å². The Balaban J connectivity index is 1.80. The predicted octanol–water partition coefficient (Wildman–Crippen LogP) is 2.67. The molecule has 1 aromatic rings. The van der Waals surface area contributed by atoms with Crippen molar-refractivity contribution in [3.63, 3.8) is 0 Å². The molecule has 2 aliphatic rings. The number of para-hydroxylation sites is 1. The summed E-state index contributed by atoms with van der Waals surface area (Å²) in [5.41, 5.74) is -0.00825. The van der Waals surface area contributed by atoms with Gasteiger partial charge in [-0.3, -0.25) is 4.79 Å². The first-order valence-electron chi connectivity index (χ1n) is 8.09. The molecular formula is C17H21N3O3. The van der Waals surface area contributed by atoms with Crippen LogP contribution in [0.2, 0.25) is 0 Å². The first-order chi connectivity index (χ1) is 11.2. The van der Waals surface area contributed by atoms with Gasteiger partial charge in [0.1, 0.15) is 11.3 Å². The molecule has 2 fully saturated rings. The van der Waals surface area contributed by atoms with Crippen molar-refractivity contribution in [2.45, 2.75) is 44.6 Å². The van der Waals surface area contributed by atoms with Crippen molar-refractivity contribution in [3.05, 3.63) is 29.8 Å². The van der Waals surface area contributed by atoms with E-state index in [4.69, 9.17) is 4.74 Å². The zero-order valence-electron chi connectivity index (χ0n) is 13.2. The number of ether oxygens (including phenoxy) is 1. The van der Waals surface area contributed by atoms with Gasteiger partial charge in [-0.05, 0) is 31.9 Å². The summed E-state index contributed by atoms with van der Waals surface area (Å²) in [6.45, 7) is 2.44. The fourth-order valence-corrected chi connectivity index (χ4v) is 3.20. The van der Waals surface area contributed by atoms with E-state index in [-0.39, 0.29) is 5.91 Å². The van der Waals surface area contributed by atoms with E-state index in [1.54, 1.807) is 0 Å². The highest BCUT2D eigenvalue weighted by atomic mass is 16.5. The summed E-state index contributed by atoms with van der Waals surface area (Å²) >= 11 is 0. The largest absolute Gasteiger partial charge is 0.493 e. The van der Waals surface area contributed by atoms with Crippen molar-refractivity contribution in [3.8, 4) is 5.75 Å². The number of hydrazone groups is 1. The molecule has 0 atom stereocenters. The summed E-state index contributed by atoms with van der Waals surface area (Å²) in [6, 6.07) is 6.95. The van der Waals surface area contributed by atoms with Gasteiger partial charge in [0.05, 0.1) is 12.8 Å². The Labute approximate surface area is 135 Å². The SMILES string of the molecule is CCOc1ccccc1C=NN1C(=O)NC2(CCCCC2)C1=O. The zero-order chi connectivity index (χ0) is 16.3. The minimum atomic E-state index is -0.744. The summed E-state index contributed by atoms with van der Waals surface area (Å²) < 4.78 is 5.52. The van der Waals surface area contributed by atoms with Gasteiger partial charge in [0.15, 0.2) is 0 Å². The number of urea groups is 1. The summed E-state index contributed by atoms with van der Waals surface area (Å²) in [4.78, 5) is 24.8. The highest BCUT2D eigenvalue weighted by Crippen LogP contribution is 2.33. The third-order valence-corrected chi connectivity index (χ3v) is 4.38. The van der Waals surface area contributed by atoms with Gasteiger partial charge >= 0.3 is 6.03 Å². The third kappa shape index (κ3) is 2.93. The van der Waals surface area contributed by atoms with Crippen LogP contribution in [0.3, 0.4) is 0 Å². The molecule has 1 saturated heterocycles. The second kappa shape index (κ2) is 6.40. The smallest absolute Gasteiger partial charge is 0.346 e. The lowest BCUT2D eigenvalue weighted by Gasteiger charge is -2.29. The van der Waals surface area contributed by atoms with Crippen LogP contribution in [0.25, 0.3) is 0 Å². The average Bonchev–Trinajstić information content (AvgIpc) is 2.78. The molecule has 3 rings (SSSR count). The Morgan fingerprint density at radius 1 is 1.26 bits per heavy atom. The molecule has 1 aliphatic heterocycles. The number of hydrogen-bond donors (Lipinski definition) is 1. The van der Waals surface area contributed by atoms with E-state index in [0.29, 0.717) is 25.2 Å². The summed E-state index contributed by atoms with van der Waals surface area (Å²) in [5.74, 6) is 0.436. The lowest BCUT2D eigenvalue weighted by Crippen LogP contribution is -2.48. The van der Waals surface area contributed by atoms with Gasteiger partial charge in [0.2, 0.25) is 0 Å². The second-order valence-corrected chi connectivity index (χ2v) is 5.91. The molecule has 1 heterocycles. The average molecular weight is 315 g/mol. The number of carbonyl (C=O) groups is 2. The Morgan fingerprint density at radius 2 is 2.00 bits per heavy atom. The molecule has 1 aliphatic carbocycles. The quantitative estimate of drug-likeness (QED) is 0.686. The molecule has 6 heteroatoms. The van der Waals surface area contributed by atoms with Crippen LogP contribution in [0.15, 0.2) is 29.4 Å². The van der Waals surface area contributed by atoms with Crippen LogP contribution in [-0.2, 0) is 4.79 Å². The minimum absolute atomic E-state index is 0.243. The number of nitrogens with one attached hydrogen (secondary N) is 1. The fraction of sp³-hybridized carbons (Fsp3) is 0.471. The standard InChI is InChI=1S/C17H21N3O3/c1-2-23-14-9-5-4-8-13(14)12-18-20-15(21)17(19-16(20)22)10-6-3-7-11-17/h4-5,8-9,12H,2-3,6-7,10-11H2,1H3,(H,19,22). The van der Waals surface area contributed by atoms with Crippen LogP contribution < -0.4 is 10.1 Å². The summed E-state index contributed by atoms with van der Waals surface area (Å²) in [5, 5.41) is 7.90. The highest BCUT2D eigenvalue weighted by Gasteiger charge is 2.51. The Morgan fingerprint density at radius 3 is 2.74 bits per heavy atom. The molecule has 1 N–H and O–H groups in total. The van der Waals surface area contributed by atoms with Gasteiger partial charge < -0.3 is 10.1 Å². The maximum absolute atomic E-state index is 12.6. The van der Waals surface area contributed by atoms with Crippen LogP contribution in [0, 0.1) is 0 Å². The van der Waals surface area contributed by atoms with Crippen LogP contribution in [0.4, 0.5) is 4.79 Å². The maximum Gasteiger partial charge on any atom is 0.346 e.